The lowest BCUT2D eigenvalue weighted by atomic mass is 10.2. The van der Waals surface area contributed by atoms with Gasteiger partial charge in [0.1, 0.15) is 6.33 Å². The summed E-state index contributed by atoms with van der Waals surface area (Å²) in [6, 6.07) is 0.0930. The van der Waals surface area contributed by atoms with Crippen molar-refractivity contribution in [3.8, 4) is 0 Å². The zero-order chi connectivity index (χ0) is 9.26. The highest BCUT2D eigenvalue weighted by Crippen LogP contribution is 2.05. The molecule has 2 rings (SSSR count). The quantitative estimate of drug-likeness (QED) is 0.701. The third-order valence-corrected chi connectivity index (χ3v) is 1.80. The highest BCUT2D eigenvalue weighted by atomic mass is 15.2. The summed E-state index contributed by atoms with van der Waals surface area (Å²) >= 11 is 0. The van der Waals surface area contributed by atoms with Crippen LogP contribution in [-0.4, -0.2) is 25.6 Å². The second kappa shape index (κ2) is 3.10. The Balaban J connectivity index is 2.48. The summed E-state index contributed by atoms with van der Waals surface area (Å²) in [5.41, 5.74) is 7.38. The Labute approximate surface area is 75.6 Å². The minimum atomic E-state index is 0.0930. The molecule has 1 atom stereocenters. The van der Waals surface area contributed by atoms with E-state index in [2.05, 4.69) is 15.2 Å². The summed E-state index contributed by atoms with van der Waals surface area (Å²) in [5, 5.41) is 7.77. The molecule has 0 saturated heterocycles. The van der Waals surface area contributed by atoms with Crippen molar-refractivity contribution >= 4 is 5.65 Å². The number of nitrogens with two attached hydrogens (primary N) is 1. The van der Waals surface area contributed by atoms with Crippen molar-refractivity contribution in [2.45, 2.75) is 19.4 Å². The molecule has 0 fully saturated rings. The molecule has 0 saturated carbocycles. The van der Waals surface area contributed by atoms with Crippen molar-refractivity contribution in [3.63, 3.8) is 0 Å². The molecule has 5 heteroatoms. The first-order valence-electron chi connectivity index (χ1n) is 4.16. The highest BCUT2D eigenvalue weighted by molar-refractivity contribution is 5.41. The molecule has 0 aromatic carbocycles. The molecule has 5 nitrogen and oxygen atoms in total. The van der Waals surface area contributed by atoms with E-state index in [0.29, 0.717) is 0 Å². The summed E-state index contributed by atoms with van der Waals surface area (Å²) in [7, 11) is 0. The summed E-state index contributed by atoms with van der Waals surface area (Å²) in [6.07, 6.45) is 5.93. The molecule has 0 radical (unpaired) electrons. The van der Waals surface area contributed by atoms with Gasteiger partial charge in [-0.15, -0.1) is 10.2 Å². The first-order valence-corrected chi connectivity index (χ1v) is 4.16. The fraction of sp³-hybridized carbons (Fsp3) is 0.375. The van der Waals surface area contributed by atoms with Crippen LogP contribution >= 0.6 is 0 Å². The summed E-state index contributed by atoms with van der Waals surface area (Å²) < 4.78 is 1.84. The number of rotatable bonds is 2. The molecule has 0 aliphatic heterocycles. The van der Waals surface area contributed by atoms with Gasteiger partial charge < -0.3 is 5.73 Å². The zero-order valence-corrected chi connectivity index (χ0v) is 7.38. The van der Waals surface area contributed by atoms with Gasteiger partial charge in [0.15, 0.2) is 5.65 Å². The van der Waals surface area contributed by atoms with E-state index in [9.17, 15) is 0 Å². The van der Waals surface area contributed by atoms with Crippen LogP contribution in [0.2, 0.25) is 0 Å². The van der Waals surface area contributed by atoms with E-state index < -0.39 is 0 Å². The van der Waals surface area contributed by atoms with Crippen LogP contribution in [0.1, 0.15) is 12.6 Å². The number of hydrogen-bond acceptors (Lipinski definition) is 4. The van der Waals surface area contributed by atoms with Crippen LogP contribution in [0.3, 0.4) is 0 Å². The van der Waals surface area contributed by atoms with Gasteiger partial charge in [0, 0.05) is 24.9 Å². The van der Waals surface area contributed by atoms with Gasteiger partial charge in [-0.2, -0.15) is 0 Å². The molecule has 2 heterocycles. The third-order valence-electron chi connectivity index (χ3n) is 1.80. The minimum absolute atomic E-state index is 0.0930. The van der Waals surface area contributed by atoms with Crippen LogP contribution in [-0.2, 0) is 6.42 Å². The molecule has 0 aliphatic rings. The van der Waals surface area contributed by atoms with E-state index in [0.717, 1.165) is 17.8 Å². The molecule has 0 amide bonds. The number of fused-ring (bicyclic) bond motifs is 1. The van der Waals surface area contributed by atoms with Crippen LogP contribution in [0.25, 0.3) is 5.65 Å². The molecule has 0 aliphatic carbocycles. The van der Waals surface area contributed by atoms with Crippen molar-refractivity contribution in [1.82, 2.24) is 19.6 Å². The van der Waals surface area contributed by atoms with E-state index in [1.165, 1.54) is 0 Å². The topological polar surface area (TPSA) is 69.1 Å². The zero-order valence-electron chi connectivity index (χ0n) is 7.38. The van der Waals surface area contributed by atoms with Crippen LogP contribution in [0.5, 0.6) is 0 Å². The van der Waals surface area contributed by atoms with Crippen LogP contribution in [0, 0.1) is 0 Å². The van der Waals surface area contributed by atoms with E-state index in [1.807, 2.05) is 17.5 Å². The molecular formula is C8H11N5. The van der Waals surface area contributed by atoms with Crippen molar-refractivity contribution in [2.75, 3.05) is 0 Å². The van der Waals surface area contributed by atoms with Gasteiger partial charge in [0.25, 0.3) is 0 Å². The summed E-state index contributed by atoms with van der Waals surface area (Å²) in [6.45, 7) is 1.95. The van der Waals surface area contributed by atoms with Crippen LogP contribution in [0.4, 0.5) is 0 Å². The monoisotopic (exact) mass is 177 g/mol. The fourth-order valence-electron chi connectivity index (χ4n) is 1.26. The van der Waals surface area contributed by atoms with Gasteiger partial charge in [-0.1, -0.05) is 0 Å². The summed E-state index contributed by atoms with van der Waals surface area (Å²) in [4.78, 5) is 4.22. The van der Waals surface area contributed by atoms with Crippen molar-refractivity contribution in [2.24, 2.45) is 5.73 Å². The van der Waals surface area contributed by atoms with Crippen molar-refractivity contribution in [1.29, 1.82) is 0 Å². The number of nitrogens with zero attached hydrogens (tertiary/aromatic N) is 4. The van der Waals surface area contributed by atoms with Gasteiger partial charge in [0.05, 0.1) is 5.69 Å². The normalized spacial score (nSPS) is 13.4. The Hall–Kier alpha value is -1.49. The van der Waals surface area contributed by atoms with Gasteiger partial charge in [0.2, 0.25) is 0 Å². The average Bonchev–Trinajstić information content (AvgIpc) is 2.51. The lowest BCUT2D eigenvalue weighted by Crippen LogP contribution is -2.19. The molecule has 0 bridgehead atoms. The highest BCUT2D eigenvalue weighted by Gasteiger charge is 2.06. The first-order chi connectivity index (χ1) is 6.27. The van der Waals surface area contributed by atoms with Crippen LogP contribution in [0.15, 0.2) is 18.7 Å². The standard InChI is InChI=1S/C8H11N5/c1-6(9)4-7-8-12-11-5-13(8)3-2-10-7/h2-3,5-6H,4,9H2,1H3. The molecule has 0 spiro atoms. The van der Waals surface area contributed by atoms with Gasteiger partial charge in [-0.25, -0.2) is 0 Å². The largest absolute Gasteiger partial charge is 0.328 e. The van der Waals surface area contributed by atoms with Gasteiger partial charge >= 0.3 is 0 Å². The Kier molecular flexibility index (Phi) is 1.94. The molecule has 68 valence electrons. The Morgan fingerprint density at radius 3 is 3.23 bits per heavy atom. The predicted molar refractivity (Wildman–Crippen MR) is 48.1 cm³/mol. The maximum absolute atomic E-state index is 5.69. The first kappa shape index (κ1) is 8.12. The molecule has 2 aromatic heterocycles. The summed E-state index contributed by atoms with van der Waals surface area (Å²) in [5.74, 6) is 0. The lowest BCUT2D eigenvalue weighted by molar-refractivity contribution is 0.721. The lowest BCUT2D eigenvalue weighted by Gasteiger charge is -2.04. The maximum Gasteiger partial charge on any atom is 0.182 e. The second-order valence-corrected chi connectivity index (χ2v) is 3.12. The van der Waals surface area contributed by atoms with E-state index in [1.54, 1.807) is 12.5 Å². The van der Waals surface area contributed by atoms with E-state index in [4.69, 9.17) is 5.73 Å². The molecular weight excluding hydrogens is 166 g/mol. The Morgan fingerprint density at radius 2 is 2.46 bits per heavy atom. The SMILES string of the molecule is CC(N)Cc1nccn2cnnc12. The minimum Gasteiger partial charge on any atom is -0.328 e. The molecule has 1 unspecified atom stereocenters. The van der Waals surface area contributed by atoms with Crippen molar-refractivity contribution in [3.05, 3.63) is 24.4 Å². The van der Waals surface area contributed by atoms with Crippen molar-refractivity contribution < 1.29 is 0 Å². The van der Waals surface area contributed by atoms with E-state index >= 15 is 0 Å². The average molecular weight is 177 g/mol. The number of aromatic nitrogens is 4. The van der Waals surface area contributed by atoms with Gasteiger partial charge in [-0.05, 0) is 6.92 Å². The Morgan fingerprint density at radius 1 is 1.62 bits per heavy atom. The molecule has 2 N–H and O–H groups in total. The van der Waals surface area contributed by atoms with E-state index in [-0.39, 0.29) is 6.04 Å². The fourth-order valence-corrected chi connectivity index (χ4v) is 1.26. The smallest absolute Gasteiger partial charge is 0.182 e. The van der Waals surface area contributed by atoms with Crippen LogP contribution < -0.4 is 5.73 Å². The Bertz CT molecular complexity index is 406. The second-order valence-electron chi connectivity index (χ2n) is 3.12. The maximum atomic E-state index is 5.69. The molecule has 13 heavy (non-hydrogen) atoms. The third kappa shape index (κ3) is 1.50. The number of hydrogen-bond donors (Lipinski definition) is 1. The van der Waals surface area contributed by atoms with Gasteiger partial charge in [-0.3, -0.25) is 9.38 Å². The molecule has 2 aromatic rings. The predicted octanol–water partition coefficient (Wildman–Crippen LogP) is 0.0140.